The summed E-state index contributed by atoms with van der Waals surface area (Å²) in [6.07, 6.45) is -2.83. The Bertz CT molecular complexity index is 606. The fourth-order valence-electron chi connectivity index (χ4n) is 1.55. The Kier molecular flexibility index (Phi) is 4.85. The zero-order chi connectivity index (χ0) is 15.3. The van der Waals surface area contributed by atoms with Crippen LogP contribution in [0.5, 0.6) is 0 Å². The molecule has 0 aliphatic carbocycles. The van der Waals surface area contributed by atoms with Crippen LogP contribution in [-0.4, -0.2) is 6.21 Å². The molecule has 0 heterocycles. The molecule has 0 aliphatic heterocycles. The van der Waals surface area contributed by atoms with Crippen molar-refractivity contribution in [2.45, 2.75) is 12.8 Å². The van der Waals surface area contributed by atoms with Crippen molar-refractivity contribution in [2.24, 2.45) is 5.16 Å². The number of hydrogen-bond donors (Lipinski definition) is 0. The number of oxime groups is 1. The summed E-state index contributed by atoms with van der Waals surface area (Å²) in [5, 5.41) is 4.37. The molecule has 0 aromatic heterocycles. The van der Waals surface area contributed by atoms with Crippen molar-refractivity contribution in [2.75, 3.05) is 0 Å². The molecule has 0 unspecified atom stereocenters. The highest BCUT2D eigenvalue weighted by Gasteiger charge is 2.29. The molecule has 0 atom stereocenters. The Morgan fingerprint density at radius 1 is 1.00 bits per heavy atom. The maximum atomic E-state index is 12.4. The van der Waals surface area contributed by atoms with E-state index in [0.717, 1.165) is 17.7 Å². The second-order valence-corrected chi connectivity index (χ2v) is 4.69. The molecule has 0 bridgehead atoms. The van der Waals surface area contributed by atoms with Crippen LogP contribution in [0.1, 0.15) is 16.7 Å². The molecule has 2 nitrogen and oxygen atoms in total. The molecule has 0 N–H and O–H groups in total. The second kappa shape index (κ2) is 6.63. The minimum absolute atomic E-state index is 0.0994. The normalized spacial score (nSPS) is 11.8. The van der Waals surface area contributed by atoms with Gasteiger partial charge in [0.25, 0.3) is 0 Å². The summed E-state index contributed by atoms with van der Waals surface area (Å²) in [4.78, 5) is 5.03. The number of hydrogen-bond acceptors (Lipinski definition) is 2. The Hall–Kier alpha value is -2.01. The largest absolute Gasteiger partial charge is 0.416 e. The first kappa shape index (κ1) is 15.4. The topological polar surface area (TPSA) is 21.6 Å². The molecular weight excluding hydrogens is 303 g/mol. The standard InChI is InChI=1S/C15H11ClF3NO/c16-14-7-3-11(4-8-14)9-20-21-10-12-1-5-13(6-2-12)15(17,18)19/h1-9H,10H2. The maximum Gasteiger partial charge on any atom is 0.416 e. The van der Waals surface area contributed by atoms with E-state index in [1.54, 1.807) is 24.3 Å². The van der Waals surface area contributed by atoms with Crippen LogP contribution in [0.15, 0.2) is 53.7 Å². The predicted octanol–water partition coefficient (Wildman–Crippen LogP) is 4.91. The van der Waals surface area contributed by atoms with Crippen LogP contribution < -0.4 is 0 Å². The molecule has 0 aliphatic rings. The van der Waals surface area contributed by atoms with E-state index in [-0.39, 0.29) is 6.61 Å². The molecule has 0 saturated heterocycles. The van der Waals surface area contributed by atoms with Gasteiger partial charge in [-0.05, 0) is 35.4 Å². The lowest BCUT2D eigenvalue weighted by molar-refractivity contribution is -0.137. The van der Waals surface area contributed by atoms with Gasteiger partial charge < -0.3 is 4.84 Å². The third kappa shape index (κ3) is 4.79. The lowest BCUT2D eigenvalue weighted by atomic mass is 10.1. The number of benzene rings is 2. The van der Waals surface area contributed by atoms with Crippen molar-refractivity contribution >= 4 is 17.8 Å². The van der Waals surface area contributed by atoms with Crippen molar-refractivity contribution in [3.63, 3.8) is 0 Å². The van der Waals surface area contributed by atoms with Gasteiger partial charge in [-0.3, -0.25) is 0 Å². The van der Waals surface area contributed by atoms with Gasteiger partial charge in [0.1, 0.15) is 6.61 Å². The molecule has 0 amide bonds. The van der Waals surface area contributed by atoms with Gasteiger partial charge in [-0.25, -0.2) is 0 Å². The lowest BCUT2D eigenvalue weighted by Gasteiger charge is -2.06. The first-order valence-corrected chi connectivity index (χ1v) is 6.40. The van der Waals surface area contributed by atoms with E-state index in [4.69, 9.17) is 16.4 Å². The number of nitrogens with zero attached hydrogens (tertiary/aromatic N) is 1. The van der Waals surface area contributed by atoms with Crippen molar-refractivity contribution in [3.8, 4) is 0 Å². The zero-order valence-corrected chi connectivity index (χ0v) is 11.5. The van der Waals surface area contributed by atoms with Crippen molar-refractivity contribution < 1.29 is 18.0 Å². The summed E-state index contributed by atoms with van der Waals surface area (Å²) >= 11 is 5.74. The molecule has 0 radical (unpaired) electrons. The number of rotatable bonds is 4. The monoisotopic (exact) mass is 313 g/mol. The van der Waals surface area contributed by atoms with E-state index in [1.807, 2.05) is 0 Å². The van der Waals surface area contributed by atoms with Crippen LogP contribution in [0.2, 0.25) is 5.02 Å². The molecule has 21 heavy (non-hydrogen) atoms. The van der Waals surface area contributed by atoms with Crippen LogP contribution >= 0.6 is 11.6 Å². The van der Waals surface area contributed by atoms with Gasteiger partial charge in [0.05, 0.1) is 11.8 Å². The van der Waals surface area contributed by atoms with Crippen LogP contribution in [0.4, 0.5) is 13.2 Å². The molecule has 6 heteroatoms. The Balaban J connectivity index is 1.87. The molecule has 0 fully saturated rings. The highest BCUT2D eigenvalue weighted by atomic mass is 35.5. The van der Waals surface area contributed by atoms with Crippen LogP contribution in [0, 0.1) is 0 Å². The van der Waals surface area contributed by atoms with Crippen molar-refractivity contribution in [1.29, 1.82) is 0 Å². The average Bonchev–Trinajstić information content (AvgIpc) is 2.45. The SMILES string of the molecule is FC(F)(F)c1ccc(CON=Cc2ccc(Cl)cc2)cc1. The smallest absolute Gasteiger partial charge is 0.391 e. The van der Waals surface area contributed by atoms with Crippen LogP contribution in [-0.2, 0) is 17.6 Å². The lowest BCUT2D eigenvalue weighted by Crippen LogP contribution is -2.04. The molecule has 0 saturated carbocycles. The Morgan fingerprint density at radius 2 is 1.62 bits per heavy atom. The van der Waals surface area contributed by atoms with E-state index in [9.17, 15) is 13.2 Å². The summed E-state index contributed by atoms with van der Waals surface area (Å²) in [5.41, 5.74) is 0.735. The van der Waals surface area contributed by atoms with Crippen molar-refractivity contribution in [1.82, 2.24) is 0 Å². The van der Waals surface area contributed by atoms with Gasteiger partial charge in [-0.15, -0.1) is 0 Å². The van der Waals surface area contributed by atoms with Crippen LogP contribution in [0.3, 0.4) is 0 Å². The van der Waals surface area contributed by atoms with E-state index < -0.39 is 11.7 Å². The van der Waals surface area contributed by atoms with Crippen LogP contribution in [0.25, 0.3) is 0 Å². The summed E-state index contributed by atoms with van der Waals surface area (Å²) in [7, 11) is 0. The summed E-state index contributed by atoms with van der Waals surface area (Å²) in [5.74, 6) is 0. The zero-order valence-electron chi connectivity index (χ0n) is 10.8. The van der Waals surface area contributed by atoms with E-state index in [0.29, 0.717) is 10.6 Å². The third-order valence-electron chi connectivity index (χ3n) is 2.66. The van der Waals surface area contributed by atoms with E-state index >= 15 is 0 Å². The highest BCUT2D eigenvalue weighted by molar-refractivity contribution is 6.30. The minimum Gasteiger partial charge on any atom is -0.391 e. The Labute approximate surface area is 124 Å². The maximum absolute atomic E-state index is 12.4. The summed E-state index contributed by atoms with van der Waals surface area (Å²) in [6.45, 7) is 0.0994. The molecule has 110 valence electrons. The molecule has 2 rings (SSSR count). The minimum atomic E-state index is -4.33. The van der Waals surface area contributed by atoms with Gasteiger partial charge in [0.2, 0.25) is 0 Å². The average molecular weight is 314 g/mol. The second-order valence-electron chi connectivity index (χ2n) is 4.25. The van der Waals surface area contributed by atoms with Gasteiger partial charge in [0, 0.05) is 5.02 Å². The fourth-order valence-corrected chi connectivity index (χ4v) is 1.67. The summed E-state index contributed by atoms with van der Waals surface area (Å²) in [6, 6.07) is 11.7. The Morgan fingerprint density at radius 3 is 2.19 bits per heavy atom. The van der Waals surface area contributed by atoms with Gasteiger partial charge in [-0.1, -0.05) is 41.0 Å². The first-order valence-electron chi connectivity index (χ1n) is 6.02. The number of alkyl halides is 3. The summed E-state index contributed by atoms with van der Waals surface area (Å²) < 4.78 is 37.1. The third-order valence-corrected chi connectivity index (χ3v) is 2.91. The van der Waals surface area contributed by atoms with Gasteiger partial charge in [-0.2, -0.15) is 13.2 Å². The van der Waals surface area contributed by atoms with Gasteiger partial charge >= 0.3 is 6.18 Å². The first-order chi connectivity index (χ1) is 9.95. The predicted molar refractivity (Wildman–Crippen MR) is 75.3 cm³/mol. The highest BCUT2D eigenvalue weighted by Crippen LogP contribution is 2.29. The quantitative estimate of drug-likeness (QED) is 0.580. The number of halogens is 4. The van der Waals surface area contributed by atoms with E-state index in [1.165, 1.54) is 18.3 Å². The molecular formula is C15H11ClF3NO. The molecule has 0 spiro atoms. The van der Waals surface area contributed by atoms with Gasteiger partial charge in [0.15, 0.2) is 0 Å². The fraction of sp³-hybridized carbons (Fsp3) is 0.133. The van der Waals surface area contributed by atoms with E-state index in [2.05, 4.69) is 5.16 Å². The molecule has 2 aromatic carbocycles. The molecule has 2 aromatic rings. The van der Waals surface area contributed by atoms with Crippen molar-refractivity contribution in [3.05, 3.63) is 70.2 Å².